The molecule has 0 aliphatic rings. The van der Waals surface area contributed by atoms with Gasteiger partial charge in [-0.25, -0.2) is 4.98 Å². The monoisotopic (exact) mass is 285 g/mol. The smallest absolute Gasteiger partial charge is 0.272 e. The van der Waals surface area contributed by atoms with E-state index in [2.05, 4.69) is 4.98 Å². The molecule has 21 heavy (non-hydrogen) atoms. The Kier molecular flexibility index (Phi) is 4.77. The van der Waals surface area contributed by atoms with Crippen LogP contribution in [0.2, 0.25) is 0 Å². The molecule has 0 aliphatic carbocycles. The second kappa shape index (κ2) is 6.74. The van der Waals surface area contributed by atoms with Crippen LogP contribution in [-0.4, -0.2) is 36.0 Å². The average molecular weight is 285 g/mol. The fourth-order valence-electron chi connectivity index (χ4n) is 1.83. The number of benzene rings is 1. The van der Waals surface area contributed by atoms with Crippen LogP contribution in [0, 0.1) is 6.92 Å². The summed E-state index contributed by atoms with van der Waals surface area (Å²) in [4.78, 5) is 17.7. The van der Waals surface area contributed by atoms with Gasteiger partial charge in [-0.15, -0.1) is 0 Å². The predicted molar refractivity (Wildman–Crippen MR) is 82.3 cm³/mol. The number of ether oxygens (including phenoxy) is 1. The Labute approximate surface area is 124 Å². The summed E-state index contributed by atoms with van der Waals surface area (Å²) in [7, 11) is 1.72. The van der Waals surface area contributed by atoms with Gasteiger partial charge >= 0.3 is 0 Å². The number of nitrogens with two attached hydrogens (primary N) is 1. The summed E-state index contributed by atoms with van der Waals surface area (Å²) >= 11 is 0. The zero-order valence-electron chi connectivity index (χ0n) is 12.2. The van der Waals surface area contributed by atoms with Crippen LogP contribution in [0.15, 0.2) is 42.6 Å². The molecule has 0 aliphatic heterocycles. The van der Waals surface area contributed by atoms with Gasteiger partial charge in [0.2, 0.25) is 0 Å². The minimum atomic E-state index is -0.150. The molecule has 0 bridgehead atoms. The van der Waals surface area contributed by atoms with Crippen LogP contribution in [0.4, 0.5) is 5.69 Å². The van der Waals surface area contributed by atoms with Crippen LogP contribution >= 0.6 is 0 Å². The summed E-state index contributed by atoms with van der Waals surface area (Å²) in [5.74, 6) is 0.657. The lowest BCUT2D eigenvalue weighted by atomic mass is 10.2. The zero-order chi connectivity index (χ0) is 15.2. The molecule has 110 valence electrons. The first kappa shape index (κ1) is 14.8. The van der Waals surface area contributed by atoms with Crippen molar-refractivity contribution in [3.8, 4) is 5.75 Å². The normalized spacial score (nSPS) is 10.2. The summed E-state index contributed by atoms with van der Waals surface area (Å²) in [5, 5.41) is 0. The van der Waals surface area contributed by atoms with Crippen molar-refractivity contribution in [1.29, 1.82) is 0 Å². The van der Waals surface area contributed by atoms with E-state index in [0.717, 1.165) is 11.3 Å². The van der Waals surface area contributed by atoms with Gasteiger partial charge in [-0.05, 0) is 36.8 Å². The van der Waals surface area contributed by atoms with Gasteiger partial charge in [-0.2, -0.15) is 0 Å². The molecule has 2 aromatic rings. The van der Waals surface area contributed by atoms with Crippen LogP contribution in [0.3, 0.4) is 0 Å². The summed E-state index contributed by atoms with van der Waals surface area (Å²) in [5.41, 5.74) is 7.61. The Morgan fingerprint density at radius 2 is 2.14 bits per heavy atom. The second-order valence-electron chi connectivity index (χ2n) is 4.87. The molecule has 1 aromatic heterocycles. The number of rotatable bonds is 5. The van der Waals surface area contributed by atoms with Gasteiger partial charge < -0.3 is 15.4 Å². The number of amides is 1. The number of carbonyl (C=O) groups excluding carboxylic acids is 1. The van der Waals surface area contributed by atoms with Crippen molar-refractivity contribution in [3.05, 3.63) is 53.9 Å². The molecule has 0 fully saturated rings. The SMILES string of the molecule is Cc1cccc(OCCN(C)C(=O)c2ccc(N)cn2)c1. The molecule has 0 saturated carbocycles. The minimum absolute atomic E-state index is 0.150. The van der Waals surface area contributed by atoms with Crippen molar-refractivity contribution in [3.63, 3.8) is 0 Å². The van der Waals surface area contributed by atoms with Gasteiger partial charge in [0.05, 0.1) is 18.4 Å². The first-order valence-electron chi connectivity index (χ1n) is 6.73. The quantitative estimate of drug-likeness (QED) is 0.913. The second-order valence-corrected chi connectivity index (χ2v) is 4.87. The van der Waals surface area contributed by atoms with E-state index < -0.39 is 0 Å². The molecule has 2 rings (SSSR count). The number of aromatic nitrogens is 1. The van der Waals surface area contributed by atoms with Crippen molar-refractivity contribution in [1.82, 2.24) is 9.88 Å². The molecule has 0 radical (unpaired) electrons. The highest BCUT2D eigenvalue weighted by molar-refractivity contribution is 5.92. The van der Waals surface area contributed by atoms with Crippen LogP contribution in [-0.2, 0) is 0 Å². The van der Waals surface area contributed by atoms with E-state index in [1.54, 1.807) is 24.1 Å². The largest absolute Gasteiger partial charge is 0.492 e. The maximum absolute atomic E-state index is 12.1. The molecule has 5 heteroatoms. The van der Waals surface area contributed by atoms with E-state index in [9.17, 15) is 4.79 Å². The fourth-order valence-corrected chi connectivity index (χ4v) is 1.83. The lowest BCUT2D eigenvalue weighted by Crippen LogP contribution is -2.31. The van der Waals surface area contributed by atoms with Gasteiger partial charge in [0, 0.05) is 7.05 Å². The van der Waals surface area contributed by atoms with E-state index in [-0.39, 0.29) is 5.91 Å². The molecular formula is C16H19N3O2. The van der Waals surface area contributed by atoms with Gasteiger partial charge in [0.15, 0.2) is 0 Å². The van der Waals surface area contributed by atoms with Gasteiger partial charge in [-0.1, -0.05) is 12.1 Å². The highest BCUT2D eigenvalue weighted by Gasteiger charge is 2.12. The number of anilines is 1. The summed E-state index contributed by atoms with van der Waals surface area (Å²) < 4.78 is 5.63. The number of likely N-dealkylation sites (N-methyl/N-ethyl adjacent to an activating group) is 1. The zero-order valence-corrected chi connectivity index (χ0v) is 12.2. The lowest BCUT2D eigenvalue weighted by Gasteiger charge is -2.17. The molecular weight excluding hydrogens is 266 g/mol. The Hall–Kier alpha value is -2.56. The molecule has 2 N–H and O–H groups in total. The van der Waals surface area contributed by atoms with Gasteiger partial charge in [0.1, 0.15) is 18.1 Å². The molecule has 5 nitrogen and oxygen atoms in total. The summed E-state index contributed by atoms with van der Waals surface area (Å²) in [6, 6.07) is 11.1. The highest BCUT2D eigenvalue weighted by atomic mass is 16.5. The standard InChI is InChI=1S/C16H19N3O2/c1-12-4-3-5-14(10-12)21-9-8-19(2)16(20)15-7-6-13(17)11-18-15/h3-7,10-11H,8-9,17H2,1-2H3. The number of hydrogen-bond donors (Lipinski definition) is 1. The Balaban J connectivity index is 1.85. The lowest BCUT2D eigenvalue weighted by molar-refractivity contribution is 0.0768. The molecule has 0 spiro atoms. The van der Waals surface area contributed by atoms with Crippen molar-refractivity contribution in [2.24, 2.45) is 0 Å². The summed E-state index contributed by atoms with van der Waals surface area (Å²) in [6.45, 7) is 2.93. The van der Waals surface area contributed by atoms with Crippen LogP contribution in [0.25, 0.3) is 0 Å². The number of aryl methyl sites for hydroxylation is 1. The third kappa shape index (κ3) is 4.21. The van der Waals surface area contributed by atoms with Crippen molar-refractivity contribution in [2.45, 2.75) is 6.92 Å². The first-order chi connectivity index (χ1) is 10.1. The number of nitrogens with zero attached hydrogens (tertiary/aromatic N) is 2. The van der Waals surface area contributed by atoms with Gasteiger partial charge in [0.25, 0.3) is 5.91 Å². The number of carbonyl (C=O) groups is 1. The maximum Gasteiger partial charge on any atom is 0.272 e. The topological polar surface area (TPSA) is 68.5 Å². The average Bonchev–Trinajstić information content (AvgIpc) is 2.47. The Morgan fingerprint density at radius 1 is 1.33 bits per heavy atom. The van der Waals surface area contributed by atoms with E-state index >= 15 is 0 Å². The number of nitrogen functional groups attached to an aromatic ring is 1. The van der Waals surface area contributed by atoms with Crippen LogP contribution in [0.1, 0.15) is 16.1 Å². The van der Waals surface area contributed by atoms with Crippen LogP contribution < -0.4 is 10.5 Å². The first-order valence-corrected chi connectivity index (χ1v) is 6.73. The predicted octanol–water partition coefficient (Wildman–Crippen LogP) is 2.12. The Bertz CT molecular complexity index is 611. The Morgan fingerprint density at radius 3 is 2.81 bits per heavy atom. The molecule has 0 unspecified atom stereocenters. The van der Waals surface area contributed by atoms with Gasteiger partial charge in [-0.3, -0.25) is 4.79 Å². The molecule has 1 heterocycles. The molecule has 0 saturated heterocycles. The van der Waals surface area contributed by atoms with E-state index in [1.165, 1.54) is 6.20 Å². The van der Waals surface area contributed by atoms with Crippen LogP contribution in [0.5, 0.6) is 5.75 Å². The molecule has 0 atom stereocenters. The van der Waals surface area contributed by atoms with E-state index in [0.29, 0.717) is 24.5 Å². The van der Waals surface area contributed by atoms with Crippen molar-refractivity contribution < 1.29 is 9.53 Å². The fraction of sp³-hybridized carbons (Fsp3) is 0.250. The molecule has 1 amide bonds. The summed E-state index contributed by atoms with van der Waals surface area (Å²) in [6.07, 6.45) is 1.48. The highest BCUT2D eigenvalue weighted by Crippen LogP contribution is 2.12. The number of hydrogen-bond acceptors (Lipinski definition) is 4. The molecule has 1 aromatic carbocycles. The van der Waals surface area contributed by atoms with E-state index in [4.69, 9.17) is 10.5 Å². The maximum atomic E-state index is 12.1. The third-order valence-electron chi connectivity index (χ3n) is 3.04. The minimum Gasteiger partial charge on any atom is -0.492 e. The van der Waals surface area contributed by atoms with Crippen molar-refractivity contribution >= 4 is 11.6 Å². The third-order valence-corrected chi connectivity index (χ3v) is 3.04. The van der Waals surface area contributed by atoms with Crippen molar-refractivity contribution in [2.75, 3.05) is 25.9 Å². The van der Waals surface area contributed by atoms with E-state index in [1.807, 2.05) is 31.2 Å². The number of pyridine rings is 1.